The quantitative estimate of drug-likeness (QED) is 0.412. The molecule has 0 saturated heterocycles. The summed E-state index contributed by atoms with van der Waals surface area (Å²) in [5.41, 5.74) is 1.80. The number of hydrogen-bond acceptors (Lipinski definition) is 5. The second kappa shape index (κ2) is 11.1. The molecule has 3 aromatic rings. The van der Waals surface area contributed by atoms with Gasteiger partial charge >= 0.3 is 0 Å². The van der Waals surface area contributed by atoms with Gasteiger partial charge in [0.15, 0.2) is 0 Å². The minimum atomic E-state index is -4.08. The second-order valence-corrected chi connectivity index (χ2v) is 9.53. The van der Waals surface area contributed by atoms with E-state index in [1.807, 2.05) is 18.2 Å². The Balaban J connectivity index is 1.83. The molecule has 178 valence electrons. The molecule has 10 heteroatoms. The Hall–Kier alpha value is -3.40. The van der Waals surface area contributed by atoms with Gasteiger partial charge in [-0.1, -0.05) is 41.9 Å². The summed E-state index contributed by atoms with van der Waals surface area (Å²) in [5.74, 6) is -0.422. The zero-order valence-electron chi connectivity index (χ0n) is 18.5. The summed E-state index contributed by atoms with van der Waals surface area (Å²) in [6.07, 6.45) is 0.125. The first kappa shape index (κ1) is 25.2. The minimum Gasteiger partial charge on any atom is -0.495 e. The topological polar surface area (TPSA) is 114 Å². The van der Waals surface area contributed by atoms with Gasteiger partial charge in [0.25, 0.3) is 0 Å². The fraction of sp³-hybridized carbons (Fsp3) is 0.167. The van der Waals surface area contributed by atoms with Crippen LogP contribution in [-0.4, -0.2) is 33.4 Å². The van der Waals surface area contributed by atoms with Crippen LogP contribution in [0.2, 0.25) is 5.02 Å². The first-order chi connectivity index (χ1) is 16.2. The van der Waals surface area contributed by atoms with Crippen molar-refractivity contribution in [2.24, 2.45) is 0 Å². The van der Waals surface area contributed by atoms with Crippen LogP contribution in [0.1, 0.15) is 12.5 Å². The van der Waals surface area contributed by atoms with Crippen molar-refractivity contribution >= 4 is 44.8 Å². The van der Waals surface area contributed by atoms with Gasteiger partial charge in [-0.25, -0.2) is 8.42 Å². The smallest absolute Gasteiger partial charge is 0.242 e. The minimum absolute atomic E-state index is 0.0937. The maximum Gasteiger partial charge on any atom is 0.242 e. The van der Waals surface area contributed by atoms with Crippen LogP contribution in [0.5, 0.6) is 5.75 Å². The molecular weight excluding hydrogens is 478 g/mol. The third-order valence-electron chi connectivity index (χ3n) is 4.80. The molecule has 8 nitrogen and oxygen atoms in total. The molecule has 1 unspecified atom stereocenters. The molecule has 0 fully saturated rings. The molecule has 3 rings (SSSR count). The lowest BCUT2D eigenvalue weighted by molar-refractivity contribution is -0.117. The molecule has 3 aromatic carbocycles. The van der Waals surface area contributed by atoms with Crippen LogP contribution < -0.4 is 20.1 Å². The number of sulfonamides is 1. The Kier molecular flexibility index (Phi) is 8.27. The van der Waals surface area contributed by atoms with Crippen LogP contribution in [0.25, 0.3) is 0 Å². The van der Waals surface area contributed by atoms with Crippen molar-refractivity contribution in [2.45, 2.75) is 24.3 Å². The number of nitrogens with one attached hydrogen (secondary N) is 3. The van der Waals surface area contributed by atoms with Gasteiger partial charge in [-0.15, -0.1) is 0 Å². The number of carbonyl (C=O) groups is 2. The van der Waals surface area contributed by atoms with Crippen molar-refractivity contribution in [1.29, 1.82) is 0 Å². The SMILES string of the molecule is COc1ccc(S(=O)(=O)NC(Cc2ccccc2)C(=O)Nc2ccc(NC(C)=O)cc2)cc1Cl. The second-order valence-electron chi connectivity index (χ2n) is 7.41. The largest absolute Gasteiger partial charge is 0.495 e. The average Bonchev–Trinajstić information content (AvgIpc) is 2.80. The fourth-order valence-corrected chi connectivity index (χ4v) is 4.72. The number of hydrogen-bond donors (Lipinski definition) is 3. The molecule has 0 saturated carbocycles. The third-order valence-corrected chi connectivity index (χ3v) is 6.57. The van der Waals surface area contributed by atoms with E-state index >= 15 is 0 Å². The summed E-state index contributed by atoms with van der Waals surface area (Å²) in [6.45, 7) is 1.39. The molecule has 3 N–H and O–H groups in total. The predicted molar refractivity (Wildman–Crippen MR) is 132 cm³/mol. The molecule has 0 bridgehead atoms. The van der Waals surface area contributed by atoms with E-state index in [2.05, 4.69) is 15.4 Å². The lowest BCUT2D eigenvalue weighted by Crippen LogP contribution is -2.45. The summed E-state index contributed by atoms with van der Waals surface area (Å²) in [6, 6.07) is 18.5. The van der Waals surface area contributed by atoms with Gasteiger partial charge in [-0.2, -0.15) is 4.72 Å². The molecule has 0 aromatic heterocycles. The third kappa shape index (κ3) is 6.80. The average molecular weight is 502 g/mol. The van der Waals surface area contributed by atoms with Crippen molar-refractivity contribution in [1.82, 2.24) is 4.72 Å². The van der Waals surface area contributed by atoms with Crippen LogP contribution in [-0.2, 0) is 26.0 Å². The molecule has 1 atom stereocenters. The highest BCUT2D eigenvalue weighted by molar-refractivity contribution is 7.89. The summed E-state index contributed by atoms with van der Waals surface area (Å²) in [5, 5.41) is 5.49. The van der Waals surface area contributed by atoms with Gasteiger partial charge in [0, 0.05) is 18.3 Å². The maximum absolute atomic E-state index is 13.1. The van der Waals surface area contributed by atoms with Crippen molar-refractivity contribution in [2.75, 3.05) is 17.7 Å². The molecular formula is C24H24ClN3O5S. The summed E-state index contributed by atoms with van der Waals surface area (Å²) in [4.78, 5) is 24.2. The van der Waals surface area contributed by atoms with Crippen molar-refractivity contribution in [3.8, 4) is 5.75 Å². The normalized spacial score (nSPS) is 12.0. The van der Waals surface area contributed by atoms with Crippen LogP contribution in [0.4, 0.5) is 11.4 Å². The number of ether oxygens (including phenoxy) is 1. The molecule has 0 radical (unpaired) electrons. The number of halogens is 1. The Labute approximate surface area is 203 Å². The highest BCUT2D eigenvalue weighted by Gasteiger charge is 2.27. The van der Waals surface area contributed by atoms with Crippen molar-refractivity contribution in [3.63, 3.8) is 0 Å². The standard InChI is InChI=1S/C24H24ClN3O5S/c1-16(29)26-18-8-10-19(11-9-18)27-24(30)22(14-17-6-4-3-5-7-17)28-34(31,32)20-12-13-23(33-2)21(25)15-20/h3-13,15,22,28H,14H2,1-2H3,(H,26,29)(H,27,30). The number of carbonyl (C=O) groups excluding carboxylic acids is 2. The molecule has 2 amide bonds. The predicted octanol–water partition coefficient (Wildman–Crippen LogP) is 3.84. The van der Waals surface area contributed by atoms with Gasteiger partial charge in [-0.05, 0) is 54.4 Å². The number of anilines is 2. The Morgan fingerprint density at radius 3 is 2.12 bits per heavy atom. The Bertz CT molecular complexity index is 1270. The monoisotopic (exact) mass is 501 g/mol. The van der Waals surface area contributed by atoms with Crippen molar-refractivity contribution in [3.05, 3.63) is 83.4 Å². The maximum atomic E-state index is 13.1. The van der Waals surface area contributed by atoms with E-state index in [-0.39, 0.29) is 22.2 Å². The molecule has 0 aliphatic heterocycles. The van der Waals surface area contributed by atoms with E-state index in [1.54, 1.807) is 36.4 Å². The molecule has 0 aliphatic carbocycles. The number of rotatable bonds is 9. The van der Waals surface area contributed by atoms with E-state index in [0.717, 1.165) is 5.56 Å². The van der Waals surface area contributed by atoms with Crippen molar-refractivity contribution < 1.29 is 22.7 Å². The van der Waals surface area contributed by atoms with Gasteiger partial charge < -0.3 is 15.4 Å². The number of methoxy groups -OCH3 is 1. The highest BCUT2D eigenvalue weighted by atomic mass is 35.5. The summed E-state index contributed by atoms with van der Waals surface area (Å²) in [7, 11) is -2.66. The van der Waals surface area contributed by atoms with E-state index < -0.39 is 22.0 Å². The van der Waals surface area contributed by atoms with Gasteiger partial charge in [-0.3, -0.25) is 9.59 Å². The van der Waals surface area contributed by atoms with E-state index in [1.165, 1.54) is 32.2 Å². The molecule has 0 heterocycles. The number of amides is 2. The highest BCUT2D eigenvalue weighted by Crippen LogP contribution is 2.27. The zero-order valence-corrected chi connectivity index (χ0v) is 20.1. The Morgan fingerprint density at radius 2 is 1.56 bits per heavy atom. The van der Waals surface area contributed by atoms with E-state index in [0.29, 0.717) is 17.1 Å². The van der Waals surface area contributed by atoms with Crippen LogP contribution in [0.3, 0.4) is 0 Å². The first-order valence-electron chi connectivity index (χ1n) is 10.3. The first-order valence-corrected chi connectivity index (χ1v) is 12.1. The Morgan fingerprint density at radius 1 is 0.941 bits per heavy atom. The van der Waals surface area contributed by atoms with Gasteiger partial charge in [0.05, 0.1) is 17.0 Å². The van der Waals surface area contributed by atoms with Gasteiger partial charge in [0.2, 0.25) is 21.8 Å². The lowest BCUT2D eigenvalue weighted by Gasteiger charge is -2.19. The van der Waals surface area contributed by atoms with E-state index in [9.17, 15) is 18.0 Å². The van der Waals surface area contributed by atoms with Gasteiger partial charge in [0.1, 0.15) is 11.8 Å². The van der Waals surface area contributed by atoms with Crippen LogP contribution in [0.15, 0.2) is 77.7 Å². The zero-order chi connectivity index (χ0) is 24.7. The lowest BCUT2D eigenvalue weighted by atomic mass is 10.1. The molecule has 0 spiro atoms. The van der Waals surface area contributed by atoms with Crippen LogP contribution in [0, 0.1) is 0 Å². The summed E-state index contributed by atoms with van der Waals surface area (Å²) >= 11 is 6.09. The fourth-order valence-electron chi connectivity index (χ4n) is 3.18. The molecule has 34 heavy (non-hydrogen) atoms. The number of benzene rings is 3. The van der Waals surface area contributed by atoms with E-state index in [4.69, 9.17) is 16.3 Å². The van der Waals surface area contributed by atoms with Crippen LogP contribution >= 0.6 is 11.6 Å². The molecule has 0 aliphatic rings. The summed E-state index contributed by atoms with van der Waals surface area (Å²) < 4.78 is 33.7.